The van der Waals surface area contributed by atoms with Gasteiger partial charge in [-0.25, -0.2) is 4.79 Å². The van der Waals surface area contributed by atoms with Crippen LogP contribution in [0.2, 0.25) is 0 Å². The van der Waals surface area contributed by atoms with Gasteiger partial charge < -0.3 is 15.7 Å². The molecule has 2 saturated heterocycles. The average molecular weight is 349 g/mol. The number of fused-ring (bicyclic) bond motifs is 1. The number of amides is 2. The van der Waals surface area contributed by atoms with E-state index in [1.165, 1.54) is 5.75 Å². The van der Waals surface area contributed by atoms with Crippen molar-refractivity contribution < 1.29 is 14.7 Å². The second-order valence-corrected chi connectivity index (χ2v) is 8.60. The third kappa shape index (κ3) is 5.67. The summed E-state index contributed by atoms with van der Waals surface area (Å²) in [6, 6.07) is 0.440. The summed E-state index contributed by atoms with van der Waals surface area (Å²) < 4.78 is 0. The van der Waals surface area contributed by atoms with Crippen LogP contribution in [0, 0.1) is 0 Å². The zero-order valence-corrected chi connectivity index (χ0v) is 14.1. The Kier molecular flexibility index (Phi) is 7.12. The molecule has 0 spiro atoms. The molecule has 3 rings (SSSR count). The van der Waals surface area contributed by atoms with E-state index in [1.807, 2.05) is 33.3 Å². The van der Waals surface area contributed by atoms with Gasteiger partial charge in [0, 0.05) is 23.2 Å². The van der Waals surface area contributed by atoms with Crippen LogP contribution in [-0.4, -0.2) is 45.9 Å². The third-order valence-electron chi connectivity index (χ3n) is 3.45. The van der Waals surface area contributed by atoms with E-state index >= 15 is 0 Å². The molecule has 118 valence electrons. The van der Waals surface area contributed by atoms with E-state index in [0.29, 0.717) is 5.25 Å². The number of rotatable bonds is 5. The highest BCUT2D eigenvalue weighted by Crippen LogP contribution is 2.33. The van der Waals surface area contributed by atoms with Gasteiger partial charge in [-0.15, -0.1) is 0 Å². The van der Waals surface area contributed by atoms with Gasteiger partial charge in [0.2, 0.25) is 0 Å². The first-order valence-corrected chi connectivity index (χ1v) is 10.4. The summed E-state index contributed by atoms with van der Waals surface area (Å²) in [5, 5.41) is 16.9. The van der Waals surface area contributed by atoms with E-state index in [1.54, 1.807) is 0 Å². The van der Waals surface area contributed by atoms with Crippen LogP contribution in [0.15, 0.2) is 11.5 Å². The summed E-state index contributed by atoms with van der Waals surface area (Å²) in [5.41, 5.74) is 0. The van der Waals surface area contributed by atoms with Crippen molar-refractivity contribution in [3.63, 3.8) is 0 Å². The van der Waals surface area contributed by atoms with E-state index in [-0.39, 0.29) is 24.5 Å². The van der Waals surface area contributed by atoms with Gasteiger partial charge in [-0.1, -0.05) is 34.1 Å². The van der Waals surface area contributed by atoms with Crippen molar-refractivity contribution in [3.8, 4) is 0 Å². The lowest BCUT2D eigenvalue weighted by Crippen LogP contribution is -2.36. The Morgan fingerprint density at radius 2 is 2.24 bits per heavy atom. The smallest absolute Gasteiger partial charge is 0.315 e. The molecule has 0 unspecified atom stereocenters. The van der Waals surface area contributed by atoms with Gasteiger partial charge in [0.1, 0.15) is 0 Å². The number of unbranched alkanes of at least 4 members (excludes halogenated alkanes) is 1. The van der Waals surface area contributed by atoms with E-state index < -0.39 is 5.97 Å². The number of hydrogen-bond acceptors (Lipinski definition) is 5. The summed E-state index contributed by atoms with van der Waals surface area (Å²) in [5.74, 6) is 1.44. The molecule has 0 aromatic heterocycles. The number of nitrogens with one attached hydrogen (secondary N) is 2. The predicted octanol–water partition coefficient (Wildman–Crippen LogP) is 2.69. The molecular formula is C13H20N2O3S3. The van der Waals surface area contributed by atoms with Gasteiger partial charge in [-0.05, 0) is 18.2 Å². The zero-order valence-electron chi connectivity index (χ0n) is 11.6. The molecule has 5 nitrogen and oxygen atoms in total. The monoisotopic (exact) mass is 348 g/mol. The Balaban J connectivity index is 0.000000272. The molecule has 3 aliphatic rings. The maximum atomic E-state index is 11.1. The molecule has 0 bridgehead atoms. The number of carboxylic acids is 1. The molecular weight excluding hydrogens is 328 g/mol. The van der Waals surface area contributed by atoms with Crippen molar-refractivity contribution in [1.82, 2.24) is 10.6 Å². The van der Waals surface area contributed by atoms with Crippen LogP contribution in [0.5, 0.6) is 0 Å². The normalized spacial score (nSPS) is 29.3. The van der Waals surface area contributed by atoms with Crippen molar-refractivity contribution in [2.45, 2.75) is 43.0 Å². The molecule has 0 aliphatic carbocycles. The SMILES string of the molecule is C1=CSSC1.O=C(O)CCCC[C@@H]1SC[C@@H]2NC(=O)N[C@@H]21. The average Bonchev–Trinajstić information content (AvgIpc) is 3.14. The minimum atomic E-state index is -0.729. The zero-order chi connectivity index (χ0) is 15.1. The first-order valence-electron chi connectivity index (χ1n) is 7.00. The van der Waals surface area contributed by atoms with Gasteiger partial charge in [-0.2, -0.15) is 11.8 Å². The van der Waals surface area contributed by atoms with E-state index in [2.05, 4.69) is 22.1 Å². The molecule has 2 amide bonds. The number of hydrogen-bond donors (Lipinski definition) is 3. The molecule has 0 aromatic carbocycles. The van der Waals surface area contributed by atoms with Gasteiger partial charge in [-0.3, -0.25) is 4.79 Å². The van der Waals surface area contributed by atoms with E-state index in [4.69, 9.17) is 5.11 Å². The van der Waals surface area contributed by atoms with Gasteiger partial charge in [0.15, 0.2) is 0 Å². The number of carboxylic acid groups (broad SMARTS) is 1. The fourth-order valence-electron chi connectivity index (χ4n) is 2.46. The molecule has 8 heteroatoms. The molecule has 0 radical (unpaired) electrons. The predicted molar refractivity (Wildman–Crippen MR) is 90.8 cm³/mol. The maximum Gasteiger partial charge on any atom is 0.315 e. The molecule has 3 heterocycles. The molecule has 21 heavy (non-hydrogen) atoms. The maximum absolute atomic E-state index is 11.1. The molecule has 3 aliphatic heterocycles. The Bertz CT molecular complexity index is 400. The first-order chi connectivity index (χ1) is 10.2. The number of carbonyl (C=O) groups excluding carboxylic acids is 1. The summed E-state index contributed by atoms with van der Waals surface area (Å²) in [4.78, 5) is 21.5. The highest BCUT2D eigenvalue weighted by atomic mass is 33.1. The number of thioether (sulfide) groups is 1. The highest BCUT2D eigenvalue weighted by molar-refractivity contribution is 8.78. The van der Waals surface area contributed by atoms with Crippen LogP contribution >= 0.6 is 33.3 Å². The minimum Gasteiger partial charge on any atom is -0.481 e. The van der Waals surface area contributed by atoms with Crippen molar-refractivity contribution in [3.05, 3.63) is 11.5 Å². The lowest BCUT2D eigenvalue weighted by atomic mass is 10.0. The first kappa shape index (κ1) is 16.9. The molecule has 3 N–H and O–H groups in total. The third-order valence-corrected chi connectivity index (χ3v) is 6.88. The summed E-state index contributed by atoms with van der Waals surface area (Å²) in [7, 11) is 3.69. The quantitative estimate of drug-likeness (QED) is 0.403. The highest BCUT2D eigenvalue weighted by Gasteiger charge is 2.42. The lowest BCUT2D eigenvalue weighted by Gasteiger charge is -2.16. The second-order valence-electron chi connectivity index (χ2n) is 5.01. The fourth-order valence-corrected chi connectivity index (χ4v) is 5.58. The number of urea groups is 1. The van der Waals surface area contributed by atoms with E-state index in [9.17, 15) is 9.59 Å². The van der Waals surface area contributed by atoms with Crippen LogP contribution in [0.1, 0.15) is 25.7 Å². The summed E-state index contributed by atoms with van der Waals surface area (Å²) in [6.45, 7) is 0. The summed E-state index contributed by atoms with van der Waals surface area (Å²) in [6.07, 6.45) is 5.04. The van der Waals surface area contributed by atoms with Crippen LogP contribution in [0.4, 0.5) is 4.79 Å². The van der Waals surface area contributed by atoms with Crippen molar-refractivity contribution >= 4 is 45.4 Å². The topological polar surface area (TPSA) is 78.4 Å². The van der Waals surface area contributed by atoms with Gasteiger partial charge in [0.05, 0.1) is 12.1 Å². The Hall–Kier alpha value is -0.470. The van der Waals surface area contributed by atoms with Crippen LogP contribution in [0.25, 0.3) is 0 Å². The van der Waals surface area contributed by atoms with Gasteiger partial charge >= 0.3 is 12.0 Å². The largest absolute Gasteiger partial charge is 0.481 e. The molecule has 0 aromatic rings. The van der Waals surface area contributed by atoms with Crippen molar-refractivity contribution in [2.24, 2.45) is 0 Å². The second kappa shape index (κ2) is 8.85. The molecule has 3 atom stereocenters. The van der Waals surface area contributed by atoms with Crippen LogP contribution in [0.3, 0.4) is 0 Å². The standard InChI is InChI=1S/C10H16N2O3S.C3H4S2/c13-8(14)4-2-1-3-7-9-6(5-16-7)11-10(15)12-9;1-2-4-5-3-1/h6-7,9H,1-5H2,(H,13,14)(H2,11,12,15);1-2H,3H2/t6-,7-,9-;/m0./s1. The fraction of sp³-hybridized carbons (Fsp3) is 0.692. The Morgan fingerprint density at radius 3 is 2.86 bits per heavy atom. The minimum absolute atomic E-state index is 0.0640. The van der Waals surface area contributed by atoms with E-state index in [0.717, 1.165) is 25.0 Å². The molecule has 0 saturated carbocycles. The van der Waals surface area contributed by atoms with Crippen molar-refractivity contribution in [2.75, 3.05) is 11.5 Å². The lowest BCUT2D eigenvalue weighted by molar-refractivity contribution is -0.137. The number of carbonyl (C=O) groups is 2. The summed E-state index contributed by atoms with van der Waals surface area (Å²) >= 11 is 1.87. The van der Waals surface area contributed by atoms with Gasteiger partial charge in [0.25, 0.3) is 0 Å². The molecule has 2 fully saturated rings. The van der Waals surface area contributed by atoms with Crippen LogP contribution < -0.4 is 10.6 Å². The Labute approximate surface area is 136 Å². The van der Waals surface area contributed by atoms with Crippen LogP contribution in [-0.2, 0) is 4.79 Å². The number of aliphatic carboxylic acids is 1. The van der Waals surface area contributed by atoms with Crippen molar-refractivity contribution in [1.29, 1.82) is 0 Å². The Morgan fingerprint density at radius 1 is 1.38 bits per heavy atom.